The number of ether oxygens (including phenoxy) is 4. The van der Waals surface area contributed by atoms with Gasteiger partial charge < -0.3 is 24.7 Å². The topological polar surface area (TPSA) is 90.6 Å². The van der Waals surface area contributed by atoms with Gasteiger partial charge in [0.1, 0.15) is 6.61 Å². The average Bonchev–Trinajstić information content (AvgIpc) is 3.39. The van der Waals surface area contributed by atoms with Crippen LogP contribution in [0.25, 0.3) is 0 Å². The van der Waals surface area contributed by atoms with E-state index in [4.69, 9.17) is 60.1 Å². The van der Waals surface area contributed by atoms with Crippen molar-refractivity contribution in [3.05, 3.63) is 79.8 Å². The van der Waals surface area contributed by atoms with Crippen LogP contribution in [-0.2, 0) is 26.0 Å². The van der Waals surface area contributed by atoms with Crippen LogP contribution in [0.4, 0.5) is 0 Å². The normalized spacial score (nSPS) is 17.4. The van der Waals surface area contributed by atoms with Gasteiger partial charge in [-0.05, 0) is 77.6 Å². The van der Waals surface area contributed by atoms with Gasteiger partial charge in [-0.2, -0.15) is 5.10 Å². The molecule has 0 aromatic heterocycles. The SMILES string of the molecule is COc1cc(/C=N/NC(N)=S)c2c(c1OCc1ccc(Cl)c(Cl)c1)CN1CCc3cc4c(cc3C1C2)OCO4. The number of hydrogen-bond acceptors (Lipinski definition) is 7. The van der Waals surface area contributed by atoms with E-state index in [2.05, 4.69) is 27.6 Å². The zero-order valence-corrected chi connectivity index (χ0v) is 23.5. The summed E-state index contributed by atoms with van der Waals surface area (Å²) in [6, 6.07) is 11.8. The monoisotopic (exact) mass is 584 g/mol. The largest absolute Gasteiger partial charge is 0.493 e. The summed E-state index contributed by atoms with van der Waals surface area (Å²) in [6.45, 7) is 2.16. The number of nitrogens with two attached hydrogens (primary N) is 1. The second-order valence-corrected chi connectivity index (χ2v) is 10.8. The minimum Gasteiger partial charge on any atom is -0.493 e. The molecule has 0 saturated carbocycles. The molecule has 0 bridgehead atoms. The van der Waals surface area contributed by atoms with Gasteiger partial charge in [0.05, 0.1) is 23.4 Å². The number of nitrogens with zero attached hydrogens (tertiary/aromatic N) is 2. The van der Waals surface area contributed by atoms with E-state index in [1.54, 1.807) is 19.4 Å². The smallest absolute Gasteiger partial charge is 0.231 e. The Labute approximate surface area is 241 Å². The third-order valence-corrected chi connectivity index (χ3v) is 8.15. The fraction of sp³-hybridized carbons (Fsp3) is 0.286. The lowest BCUT2D eigenvalue weighted by Gasteiger charge is -2.42. The number of hydrogen-bond donors (Lipinski definition) is 2. The van der Waals surface area contributed by atoms with E-state index in [1.807, 2.05) is 18.2 Å². The molecule has 3 aromatic carbocycles. The number of nitrogens with one attached hydrogen (secondary N) is 1. The van der Waals surface area contributed by atoms with Gasteiger partial charge >= 0.3 is 0 Å². The summed E-state index contributed by atoms with van der Waals surface area (Å²) in [5, 5.41) is 5.33. The van der Waals surface area contributed by atoms with Gasteiger partial charge in [0.25, 0.3) is 0 Å². The molecule has 11 heteroatoms. The fourth-order valence-corrected chi connectivity index (χ4v) is 5.88. The van der Waals surface area contributed by atoms with Crippen molar-refractivity contribution in [3.63, 3.8) is 0 Å². The minimum absolute atomic E-state index is 0.0946. The van der Waals surface area contributed by atoms with Crippen molar-refractivity contribution in [2.24, 2.45) is 10.8 Å². The van der Waals surface area contributed by atoms with E-state index in [0.717, 1.165) is 53.1 Å². The van der Waals surface area contributed by atoms with Crippen LogP contribution in [-0.4, -0.2) is 36.7 Å². The van der Waals surface area contributed by atoms with Gasteiger partial charge in [-0.3, -0.25) is 10.3 Å². The summed E-state index contributed by atoms with van der Waals surface area (Å²) in [6.07, 6.45) is 3.40. The summed E-state index contributed by atoms with van der Waals surface area (Å²) in [5.41, 5.74) is 14.8. The maximum Gasteiger partial charge on any atom is 0.231 e. The van der Waals surface area contributed by atoms with Gasteiger partial charge in [0, 0.05) is 30.3 Å². The molecule has 6 rings (SSSR count). The van der Waals surface area contributed by atoms with Crippen molar-refractivity contribution in [3.8, 4) is 23.0 Å². The second kappa shape index (κ2) is 10.7. The predicted molar refractivity (Wildman–Crippen MR) is 154 cm³/mol. The van der Waals surface area contributed by atoms with Gasteiger partial charge in [0.15, 0.2) is 28.1 Å². The van der Waals surface area contributed by atoms with Crippen molar-refractivity contribution in [2.75, 3.05) is 20.4 Å². The molecule has 0 aliphatic carbocycles. The van der Waals surface area contributed by atoms with E-state index < -0.39 is 0 Å². The summed E-state index contributed by atoms with van der Waals surface area (Å²) in [4.78, 5) is 2.48. The highest BCUT2D eigenvalue weighted by Crippen LogP contribution is 2.47. The van der Waals surface area contributed by atoms with Crippen LogP contribution in [0.15, 0.2) is 41.5 Å². The maximum absolute atomic E-state index is 6.42. The molecule has 39 heavy (non-hydrogen) atoms. The van der Waals surface area contributed by atoms with Gasteiger partial charge in [0.2, 0.25) is 6.79 Å². The zero-order valence-electron chi connectivity index (χ0n) is 21.1. The van der Waals surface area contributed by atoms with Crippen LogP contribution < -0.4 is 30.1 Å². The minimum atomic E-state index is 0.0946. The van der Waals surface area contributed by atoms with Crippen molar-refractivity contribution < 1.29 is 18.9 Å². The fourth-order valence-electron chi connectivity index (χ4n) is 5.51. The molecule has 8 nitrogen and oxygen atoms in total. The van der Waals surface area contributed by atoms with Crippen LogP contribution in [0, 0.1) is 0 Å². The molecule has 0 saturated heterocycles. The number of hydrazone groups is 1. The Bertz CT molecular complexity index is 1500. The Balaban J connectivity index is 1.40. The summed E-state index contributed by atoms with van der Waals surface area (Å²) in [5.74, 6) is 2.93. The first-order chi connectivity index (χ1) is 18.9. The predicted octanol–water partition coefficient (Wildman–Crippen LogP) is 5.13. The van der Waals surface area contributed by atoms with Gasteiger partial charge in [-0.25, -0.2) is 0 Å². The van der Waals surface area contributed by atoms with E-state index in [0.29, 0.717) is 34.7 Å². The van der Waals surface area contributed by atoms with Crippen molar-refractivity contribution in [1.29, 1.82) is 0 Å². The number of benzene rings is 3. The highest BCUT2D eigenvalue weighted by Gasteiger charge is 2.37. The molecular formula is C28H26Cl2N4O4S. The number of thiocarbonyl (C=S) groups is 1. The molecule has 3 aromatic rings. The average molecular weight is 586 g/mol. The van der Waals surface area contributed by atoms with E-state index in [1.165, 1.54) is 11.1 Å². The molecule has 0 amide bonds. The van der Waals surface area contributed by atoms with Gasteiger partial charge in [-0.15, -0.1) is 0 Å². The molecule has 0 spiro atoms. The lowest BCUT2D eigenvalue weighted by molar-refractivity contribution is 0.155. The molecule has 1 atom stereocenters. The molecular weight excluding hydrogens is 559 g/mol. The highest BCUT2D eigenvalue weighted by molar-refractivity contribution is 7.80. The van der Waals surface area contributed by atoms with E-state index >= 15 is 0 Å². The molecule has 1 unspecified atom stereocenters. The van der Waals surface area contributed by atoms with Crippen LogP contribution in [0.5, 0.6) is 23.0 Å². The van der Waals surface area contributed by atoms with E-state index in [9.17, 15) is 0 Å². The van der Waals surface area contributed by atoms with Crippen molar-refractivity contribution in [2.45, 2.75) is 32.0 Å². The molecule has 3 N–H and O–H groups in total. The van der Waals surface area contributed by atoms with Gasteiger partial charge in [-0.1, -0.05) is 29.3 Å². The lowest BCUT2D eigenvalue weighted by atomic mass is 9.82. The van der Waals surface area contributed by atoms with Crippen LogP contribution in [0.1, 0.15) is 39.4 Å². The molecule has 0 fully saturated rings. The van der Waals surface area contributed by atoms with Crippen molar-refractivity contribution in [1.82, 2.24) is 10.3 Å². The Morgan fingerprint density at radius 3 is 2.77 bits per heavy atom. The Morgan fingerprint density at radius 1 is 1.18 bits per heavy atom. The van der Waals surface area contributed by atoms with Crippen molar-refractivity contribution >= 4 is 46.7 Å². The zero-order chi connectivity index (χ0) is 27.1. The van der Waals surface area contributed by atoms with Crippen LogP contribution in [0.2, 0.25) is 10.0 Å². The number of methoxy groups -OCH3 is 1. The number of fused-ring (bicyclic) bond motifs is 5. The summed E-state index contributed by atoms with van der Waals surface area (Å²) < 4.78 is 23.6. The summed E-state index contributed by atoms with van der Waals surface area (Å²) >= 11 is 17.3. The molecule has 3 aliphatic heterocycles. The quantitative estimate of drug-likeness (QED) is 0.234. The first kappa shape index (κ1) is 26.0. The first-order valence-corrected chi connectivity index (χ1v) is 13.6. The third-order valence-electron chi connectivity index (χ3n) is 7.32. The molecule has 3 aliphatic rings. The molecule has 3 heterocycles. The molecule has 202 valence electrons. The third kappa shape index (κ3) is 5.07. The molecule has 0 radical (unpaired) electrons. The number of halogens is 2. The summed E-state index contributed by atoms with van der Waals surface area (Å²) in [7, 11) is 1.63. The van der Waals surface area contributed by atoms with E-state index in [-0.39, 0.29) is 17.9 Å². The standard InChI is InChI=1S/C28H26Cl2N4O4S/c1-35-26-8-17(11-32-33-28(31)39)18-9-23-19-10-25-24(37-14-38-25)7-16(19)4-5-34(23)12-20(18)27(26)36-13-15-2-3-21(29)22(30)6-15/h2-3,6-8,10-11,23H,4-5,9,12-14H2,1H3,(H3,31,33,39)/b32-11+. The Hall–Kier alpha value is -3.24. The lowest BCUT2D eigenvalue weighted by Crippen LogP contribution is -2.40. The first-order valence-electron chi connectivity index (χ1n) is 12.5. The Morgan fingerprint density at radius 2 is 2.00 bits per heavy atom. The Kier molecular flexibility index (Phi) is 7.16. The maximum atomic E-state index is 6.42. The van der Waals surface area contributed by atoms with Crippen LogP contribution >= 0.6 is 35.4 Å². The van der Waals surface area contributed by atoms with Crippen LogP contribution in [0.3, 0.4) is 0 Å². The number of rotatable bonds is 6. The second-order valence-electron chi connectivity index (χ2n) is 9.57. The highest BCUT2D eigenvalue weighted by atomic mass is 35.5.